The monoisotopic (exact) mass is 738 g/mol. The number of carbonyl (C=O) groups is 2. The van der Waals surface area contributed by atoms with E-state index in [9.17, 15) is 14.7 Å². The van der Waals surface area contributed by atoms with Crippen molar-refractivity contribution < 1.29 is 24.2 Å². The van der Waals surface area contributed by atoms with Gasteiger partial charge in [0, 0.05) is 18.0 Å². The van der Waals surface area contributed by atoms with Gasteiger partial charge in [-0.05, 0) is 110 Å². The average Bonchev–Trinajstić information content (AvgIpc) is 3.59. The molecule has 1 saturated heterocycles. The maximum atomic E-state index is 13.6. The molecule has 3 N–H and O–H groups in total. The van der Waals surface area contributed by atoms with Crippen LogP contribution >= 0.6 is 0 Å². The maximum absolute atomic E-state index is 13.6. The maximum Gasteiger partial charge on any atom is 0.307 e. The lowest BCUT2D eigenvalue weighted by atomic mass is 9.34. The van der Waals surface area contributed by atoms with E-state index in [1.807, 2.05) is 4.68 Å². The molecule has 298 valence electrons. The molecule has 1 amide bonds. The van der Waals surface area contributed by atoms with Gasteiger partial charge in [-0.1, -0.05) is 80.9 Å². The molecule has 53 heavy (non-hydrogen) atoms. The third-order valence-corrected chi connectivity index (χ3v) is 16.9. The number of aromatic nitrogens is 3. The molecule has 10 nitrogen and oxygen atoms in total. The Kier molecular flexibility index (Phi) is 10.7. The fourth-order valence-electron chi connectivity index (χ4n) is 13.0. The summed E-state index contributed by atoms with van der Waals surface area (Å²) in [7, 11) is 1.64. The van der Waals surface area contributed by atoms with E-state index in [4.69, 9.17) is 14.6 Å². The number of hydrogen-bond donors (Lipinski definition) is 3. The number of amides is 1. The summed E-state index contributed by atoms with van der Waals surface area (Å²) in [5, 5.41) is 22.6. The number of carbonyl (C=O) groups excluding carboxylic acids is 1. The van der Waals surface area contributed by atoms with Crippen molar-refractivity contribution in [3.05, 3.63) is 23.8 Å². The van der Waals surface area contributed by atoms with Crippen LogP contribution in [0.2, 0.25) is 0 Å². The lowest BCUT2D eigenvalue weighted by molar-refractivity contribution is -0.255. The van der Waals surface area contributed by atoms with Crippen LogP contribution in [0.4, 0.5) is 0 Å². The predicted octanol–water partition coefficient (Wildman–Crippen LogP) is 7.57. The van der Waals surface area contributed by atoms with Gasteiger partial charge in [0.2, 0.25) is 5.82 Å². The van der Waals surface area contributed by atoms with Gasteiger partial charge in [-0.2, -0.15) is 5.10 Å². The summed E-state index contributed by atoms with van der Waals surface area (Å²) in [4.78, 5) is 31.4. The van der Waals surface area contributed by atoms with E-state index < -0.39 is 22.7 Å². The highest BCUT2D eigenvalue weighted by molar-refractivity contribution is 5.90. The first kappa shape index (κ1) is 40.4. The van der Waals surface area contributed by atoms with Crippen LogP contribution < -0.4 is 10.6 Å². The van der Waals surface area contributed by atoms with Crippen LogP contribution in [0.5, 0.6) is 0 Å². The Balaban J connectivity index is 1.53. The molecule has 0 unspecified atom stereocenters. The van der Waals surface area contributed by atoms with Gasteiger partial charge in [-0.25, -0.2) is 9.67 Å². The molecule has 6 rings (SSSR count). The number of fused-ring (bicyclic) bond motifs is 3. The lowest BCUT2D eigenvalue weighted by Crippen LogP contribution is -2.70. The minimum Gasteiger partial charge on any atom is -0.481 e. The van der Waals surface area contributed by atoms with Gasteiger partial charge in [0.15, 0.2) is 0 Å². The zero-order valence-electron chi connectivity index (χ0n) is 35.0. The highest BCUT2D eigenvalue weighted by Gasteiger charge is 2.73. The zero-order valence-corrected chi connectivity index (χ0v) is 35.0. The van der Waals surface area contributed by atoms with E-state index in [1.165, 1.54) is 11.9 Å². The molecule has 2 heterocycles. The third-order valence-electron chi connectivity index (χ3n) is 16.9. The van der Waals surface area contributed by atoms with Crippen molar-refractivity contribution in [3.63, 3.8) is 0 Å². The SMILES string of the molecule is CCCN[C@@](C)(CO[C@H]1[C@H](n2ncnc2C(=O)NC)C[C@]2(C)COC[C@@]13C1=CC[C@@]4(C)[C@H](C(=O)O)[C@@](C)([C@H](C)C(C)C)CC[C@]4(C)[C@H]1CC[C@H]23)C(C)C. The quantitative estimate of drug-likeness (QED) is 0.188. The van der Waals surface area contributed by atoms with E-state index in [2.05, 4.69) is 97.9 Å². The van der Waals surface area contributed by atoms with Crippen LogP contribution in [-0.2, 0) is 14.3 Å². The summed E-state index contributed by atoms with van der Waals surface area (Å²) in [6, 6.07) is -0.244. The fourth-order valence-corrected chi connectivity index (χ4v) is 13.0. The number of rotatable bonds is 12. The normalized spacial score (nSPS) is 41.1. The Morgan fingerprint density at radius 2 is 1.81 bits per heavy atom. The van der Waals surface area contributed by atoms with Crippen molar-refractivity contribution in [3.8, 4) is 0 Å². The highest BCUT2D eigenvalue weighted by atomic mass is 16.5. The second kappa shape index (κ2) is 14.0. The van der Waals surface area contributed by atoms with Crippen molar-refractivity contribution in [2.45, 2.75) is 139 Å². The van der Waals surface area contributed by atoms with Crippen molar-refractivity contribution in [1.82, 2.24) is 25.4 Å². The topological polar surface area (TPSA) is 128 Å². The molecule has 12 atom stereocenters. The van der Waals surface area contributed by atoms with Crippen LogP contribution in [-0.4, -0.2) is 76.8 Å². The van der Waals surface area contributed by atoms with Crippen LogP contribution in [0.25, 0.3) is 0 Å². The highest BCUT2D eigenvalue weighted by Crippen LogP contribution is 2.75. The molecule has 0 radical (unpaired) electrons. The zero-order chi connectivity index (χ0) is 38.9. The van der Waals surface area contributed by atoms with E-state index in [1.54, 1.807) is 7.05 Å². The first-order valence-electron chi connectivity index (χ1n) is 20.8. The molecule has 3 saturated carbocycles. The van der Waals surface area contributed by atoms with Crippen molar-refractivity contribution in [2.75, 3.05) is 33.4 Å². The molecule has 4 fully saturated rings. The molecule has 4 aliphatic carbocycles. The molecular weight excluding hydrogens is 667 g/mol. The summed E-state index contributed by atoms with van der Waals surface area (Å²) >= 11 is 0. The fraction of sp³-hybridized carbons (Fsp3) is 0.860. The number of carboxylic acids is 1. The number of nitrogens with zero attached hydrogens (tertiary/aromatic N) is 3. The molecule has 0 aromatic carbocycles. The Hall–Kier alpha value is -2.30. The summed E-state index contributed by atoms with van der Waals surface area (Å²) < 4.78 is 16.1. The lowest BCUT2D eigenvalue weighted by Gasteiger charge is -2.71. The molecule has 1 aromatic rings. The van der Waals surface area contributed by atoms with Gasteiger partial charge in [-0.3, -0.25) is 9.59 Å². The predicted molar refractivity (Wildman–Crippen MR) is 207 cm³/mol. The van der Waals surface area contributed by atoms with Gasteiger partial charge in [0.05, 0.1) is 37.9 Å². The summed E-state index contributed by atoms with van der Waals surface area (Å²) in [6.45, 7) is 27.7. The number of ether oxygens (including phenoxy) is 2. The van der Waals surface area contributed by atoms with E-state index in [-0.39, 0.29) is 51.7 Å². The first-order valence-corrected chi connectivity index (χ1v) is 20.8. The number of hydrogen-bond acceptors (Lipinski definition) is 7. The minimum atomic E-state index is -0.648. The Morgan fingerprint density at radius 3 is 2.43 bits per heavy atom. The number of nitrogens with one attached hydrogen (secondary N) is 2. The standard InChI is InChI=1S/C43H71N5O5/c1-13-20-46-42(11,27(4)5)23-53-34-31(48-35(36(49)44-12)45-25-47-48)21-38(7)22-52-24-43(34)30-16-17-41(10)33(37(50)51)39(8,28(6)26(2)3)18-19-40(41,9)29(30)14-15-32(38)43/h16,25-29,31-34,46H,13-15,17-24H2,1-12H3,(H,44,49)(H,50,51)/t28-,29+,31-,32-,33-,34+,38-,39-,40-,41+,42+,43+/m1/s1. The van der Waals surface area contributed by atoms with Gasteiger partial charge >= 0.3 is 5.97 Å². The Bertz CT molecular complexity index is 1570. The smallest absolute Gasteiger partial charge is 0.307 e. The third kappa shape index (κ3) is 5.88. The second-order valence-corrected chi connectivity index (χ2v) is 20.0. The van der Waals surface area contributed by atoms with Crippen LogP contribution in [0, 0.1) is 62.6 Å². The molecule has 1 aromatic heterocycles. The molecule has 10 heteroatoms. The van der Waals surface area contributed by atoms with Crippen LogP contribution in [0.15, 0.2) is 18.0 Å². The number of aliphatic carboxylic acids is 1. The molecule has 2 bridgehead atoms. The first-order chi connectivity index (χ1) is 24.8. The van der Waals surface area contributed by atoms with Crippen molar-refractivity contribution >= 4 is 11.9 Å². The molecule has 0 spiro atoms. The van der Waals surface area contributed by atoms with Crippen LogP contribution in [0.1, 0.15) is 138 Å². The number of allylic oxidation sites excluding steroid dienone is 1. The van der Waals surface area contributed by atoms with E-state index >= 15 is 0 Å². The average molecular weight is 738 g/mol. The summed E-state index contributed by atoms with van der Waals surface area (Å²) in [5.74, 6) is 0.436. The largest absolute Gasteiger partial charge is 0.481 e. The molecule has 1 aliphatic heterocycles. The van der Waals surface area contributed by atoms with Gasteiger partial charge < -0.3 is 25.2 Å². The summed E-state index contributed by atoms with van der Waals surface area (Å²) in [6.07, 6.45) is 10.1. The van der Waals surface area contributed by atoms with E-state index in [0.717, 1.165) is 45.1 Å². The Morgan fingerprint density at radius 1 is 1.09 bits per heavy atom. The van der Waals surface area contributed by atoms with Gasteiger partial charge in [0.1, 0.15) is 6.33 Å². The Labute approximate surface area is 319 Å². The molecular formula is C43H71N5O5. The second-order valence-electron chi connectivity index (χ2n) is 20.0. The van der Waals surface area contributed by atoms with E-state index in [0.29, 0.717) is 49.8 Å². The summed E-state index contributed by atoms with van der Waals surface area (Å²) in [5.41, 5.74) is -0.462. The number of carboxylic acid groups (broad SMARTS) is 1. The van der Waals surface area contributed by atoms with Crippen molar-refractivity contribution in [2.24, 2.45) is 62.6 Å². The minimum absolute atomic E-state index is 0.175. The van der Waals surface area contributed by atoms with Crippen molar-refractivity contribution in [1.29, 1.82) is 0 Å². The molecule has 5 aliphatic rings. The van der Waals surface area contributed by atoms with Crippen LogP contribution in [0.3, 0.4) is 0 Å². The van der Waals surface area contributed by atoms with Gasteiger partial charge in [-0.15, -0.1) is 0 Å². The van der Waals surface area contributed by atoms with Gasteiger partial charge in [0.25, 0.3) is 5.91 Å².